The molecule has 70 valence electrons. The summed E-state index contributed by atoms with van der Waals surface area (Å²) in [5.74, 6) is -0.185. The van der Waals surface area contributed by atoms with E-state index in [0.717, 1.165) is 12.8 Å². The Balaban J connectivity index is 3.72. The molecule has 0 aliphatic carbocycles. The maximum Gasteiger partial charge on any atom is 0.316 e. The first-order valence-corrected chi connectivity index (χ1v) is 4.34. The van der Waals surface area contributed by atoms with Gasteiger partial charge in [0.05, 0.1) is 11.7 Å². The van der Waals surface area contributed by atoms with E-state index in [1.54, 1.807) is 0 Å². The first-order valence-electron chi connectivity index (χ1n) is 4.34. The lowest BCUT2D eigenvalue weighted by atomic mass is 9.98. The summed E-state index contributed by atoms with van der Waals surface area (Å²) >= 11 is 0. The van der Waals surface area contributed by atoms with Crippen LogP contribution in [0.15, 0.2) is 12.3 Å². The Hall–Kier alpha value is -0.790. The summed E-state index contributed by atoms with van der Waals surface area (Å²) in [7, 11) is 0. The quantitative estimate of drug-likeness (QED) is 0.481. The fraction of sp³-hybridized carbons (Fsp3) is 0.700. The van der Waals surface area contributed by atoms with Crippen molar-refractivity contribution in [3.05, 3.63) is 12.3 Å². The van der Waals surface area contributed by atoms with Gasteiger partial charge in [-0.05, 0) is 33.3 Å². The molecule has 0 saturated heterocycles. The van der Waals surface area contributed by atoms with Gasteiger partial charge in [0.25, 0.3) is 0 Å². The highest BCUT2D eigenvalue weighted by molar-refractivity contribution is 5.75. The molecule has 0 spiro atoms. The van der Waals surface area contributed by atoms with E-state index in [2.05, 4.69) is 6.92 Å². The van der Waals surface area contributed by atoms with Crippen molar-refractivity contribution in [1.82, 2.24) is 0 Å². The zero-order chi connectivity index (χ0) is 9.61. The van der Waals surface area contributed by atoms with Crippen LogP contribution >= 0.6 is 0 Å². The number of hydrogen-bond acceptors (Lipinski definition) is 2. The molecule has 0 aromatic heterocycles. The summed E-state index contributed by atoms with van der Waals surface area (Å²) in [5.41, 5.74) is -0.406. The van der Waals surface area contributed by atoms with Gasteiger partial charge in [-0.1, -0.05) is 13.3 Å². The Bertz CT molecular complexity index is 163. The highest BCUT2D eigenvalue weighted by atomic mass is 16.5. The van der Waals surface area contributed by atoms with Gasteiger partial charge in [-0.2, -0.15) is 0 Å². The van der Waals surface area contributed by atoms with Crippen molar-refractivity contribution in [2.45, 2.75) is 40.5 Å². The van der Waals surface area contributed by atoms with Crippen molar-refractivity contribution in [2.75, 3.05) is 0 Å². The third-order valence-corrected chi connectivity index (χ3v) is 1.34. The molecule has 0 atom stereocenters. The molecule has 0 aliphatic heterocycles. The number of ether oxygens (including phenoxy) is 1. The zero-order valence-corrected chi connectivity index (χ0v) is 8.39. The molecule has 2 heteroatoms. The maximum atomic E-state index is 11.2. The van der Waals surface area contributed by atoms with E-state index in [1.165, 1.54) is 6.26 Å². The molecule has 0 amide bonds. The Labute approximate surface area is 74.6 Å². The zero-order valence-electron chi connectivity index (χ0n) is 8.39. The molecule has 0 saturated carbocycles. The number of allylic oxidation sites excluding steroid dienone is 1. The second-order valence-electron chi connectivity index (χ2n) is 3.82. The predicted molar refractivity (Wildman–Crippen MR) is 49.6 cm³/mol. The van der Waals surface area contributed by atoms with Gasteiger partial charge in [0.15, 0.2) is 0 Å². The number of hydrogen-bond donors (Lipinski definition) is 0. The van der Waals surface area contributed by atoms with E-state index < -0.39 is 5.41 Å². The molecule has 0 heterocycles. The normalized spacial score (nSPS) is 12.0. The fourth-order valence-electron chi connectivity index (χ4n) is 0.521. The molecule has 0 aromatic rings. The number of unbranched alkanes of at least 4 members (excludes halogenated alkanes) is 1. The lowest BCUT2D eigenvalue weighted by Gasteiger charge is -2.13. The van der Waals surface area contributed by atoms with E-state index in [-0.39, 0.29) is 5.97 Å². The molecule has 2 nitrogen and oxygen atoms in total. The highest BCUT2D eigenvalue weighted by Crippen LogP contribution is 2.15. The summed E-state index contributed by atoms with van der Waals surface area (Å²) < 4.78 is 4.89. The molecule has 0 aromatic carbocycles. The molecule has 0 N–H and O–H groups in total. The van der Waals surface area contributed by atoms with E-state index >= 15 is 0 Å². The Kier molecular flexibility index (Phi) is 4.64. The summed E-state index contributed by atoms with van der Waals surface area (Å²) in [6.07, 6.45) is 5.38. The van der Waals surface area contributed by atoms with Crippen LogP contribution in [0.3, 0.4) is 0 Å². The van der Waals surface area contributed by atoms with Crippen LogP contribution in [0.4, 0.5) is 0 Å². The molecule has 0 fully saturated rings. The Morgan fingerprint density at radius 1 is 1.42 bits per heavy atom. The summed E-state index contributed by atoms with van der Waals surface area (Å²) in [4.78, 5) is 11.2. The minimum atomic E-state index is -0.406. The van der Waals surface area contributed by atoms with Crippen LogP contribution in [-0.4, -0.2) is 5.97 Å². The monoisotopic (exact) mass is 170 g/mol. The third kappa shape index (κ3) is 4.94. The molecule has 0 rings (SSSR count). The summed E-state index contributed by atoms with van der Waals surface area (Å²) in [6, 6.07) is 0. The number of carbonyl (C=O) groups excluding carboxylic acids is 1. The van der Waals surface area contributed by atoms with E-state index in [0.29, 0.717) is 0 Å². The number of carbonyl (C=O) groups is 1. The Morgan fingerprint density at radius 2 is 2.00 bits per heavy atom. The van der Waals surface area contributed by atoms with Gasteiger partial charge in [-0.3, -0.25) is 4.79 Å². The van der Waals surface area contributed by atoms with E-state index in [4.69, 9.17) is 4.74 Å². The number of esters is 1. The van der Waals surface area contributed by atoms with Crippen molar-refractivity contribution in [3.8, 4) is 0 Å². The average molecular weight is 170 g/mol. The second kappa shape index (κ2) is 4.96. The average Bonchev–Trinajstić information content (AvgIpc) is 1.96. The minimum Gasteiger partial charge on any atom is -0.434 e. The summed E-state index contributed by atoms with van der Waals surface area (Å²) in [5, 5.41) is 0. The SMILES string of the molecule is CCCC=COC(=O)C(C)(C)C. The van der Waals surface area contributed by atoms with Gasteiger partial charge in [0.2, 0.25) is 0 Å². The summed E-state index contributed by atoms with van der Waals surface area (Å²) in [6.45, 7) is 7.59. The molecule has 0 aliphatic rings. The maximum absolute atomic E-state index is 11.2. The standard InChI is InChI=1S/C10H18O2/c1-5-6-7-8-12-9(11)10(2,3)4/h7-8H,5-6H2,1-4H3. The van der Waals surface area contributed by atoms with Crippen molar-refractivity contribution in [3.63, 3.8) is 0 Å². The first kappa shape index (κ1) is 11.2. The molecular weight excluding hydrogens is 152 g/mol. The lowest BCUT2D eigenvalue weighted by Crippen LogP contribution is -2.20. The van der Waals surface area contributed by atoms with Crippen LogP contribution in [-0.2, 0) is 9.53 Å². The largest absolute Gasteiger partial charge is 0.434 e. The fourth-order valence-corrected chi connectivity index (χ4v) is 0.521. The van der Waals surface area contributed by atoms with Crippen molar-refractivity contribution >= 4 is 5.97 Å². The second-order valence-corrected chi connectivity index (χ2v) is 3.82. The minimum absolute atomic E-state index is 0.185. The predicted octanol–water partition coefficient (Wildman–Crippen LogP) is 2.89. The highest BCUT2D eigenvalue weighted by Gasteiger charge is 2.21. The third-order valence-electron chi connectivity index (χ3n) is 1.34. The molecule has 12 heavy (non-hydrogen) atoms. The van der Waals surface area contributed by atoms with Crippen LogP contribution < -0.4 is 0 Å². The van der Waals surface area contributed by atoms with Crippen LogP contribution in [0.5, 0.6) is 0 Å². The van der Waals surface area contributed by atoms with E-state index in [1.807, 2.05) is 26.8 Å². The number of rotatable bonds is 3. The van der Waals surface area contributed by atoms with Gasteiger partial charge in [-0.25, -0.2) is 0 Å². The molecule has 0 bridgehead atoms. The van der Waals surface area contributed by atoms with Gasteiger partial charge >= 0.3 is 5.97 Å². The van der Waals surface area contributed by atoms with Gasteiger partial charge < -0.3 is 4.74 Å². The molecule has 0 radical (unpaired) electrons. The topological polar surface area (TPSA) is 26.3 Å². The smallest absolute Gasteiger partial charge is 0.316 e. The first-order chi connectivity index (χ1) is 5.48. The lowest BCUT2D eigenvalue weighted by molar-refractivity contribution is -0.146. The van der Waals surface area contributed by atoms with Gasteiger partial charge in [0, 0.05) is 0 Å². The van der Waals surface area contributed by atoms with Crippen LogP contribution in [0.2, 0.25) is 0 Å². The van der Waals surface area contributed by atoms with Gasteiger partial charge in [0.1, 0.15) is 0 Å². The molecule has 0 unspecified atom stereocenters. The van der Waals surface area contributed by atoms with Crippen LogP contribution in [0.25, 0.3) is 0 Å². The van der Waals surface area contributed by atoms with Crippen molar-refractivity contribution < 1.29 is 9.53 Å². The van der Waals surface area contributed by atoms with Crippen LogP contribution in [0.1, 0.15) is 40.5 Å². The van der Waals surface area contributed by atoms with Gasteiger partial charge in [-0.15, -0.1) is 0 Å². The molecular formula is C10H18O2. The van der Waals surface area contributed by atoms with Crippen molar-refractivity contribution in [1.29, 1.82) is 0 Å². The van der Waals surface area contributed by atoms with Crippen molar-refractivity contribution in [2.24, 2.45) is 5.41 Å². The van der Waals surface area contributed by atoms with E-state index in [9.17, 15) is 4.79 Å². The van der Waals surface area contributed by atoms with Crippen LogP contribution in [0, 0.1) is 5.41 Å². The Morgan fingerprint density at radius 3 is 2.42 bits per heavy atom.